The van der Waals surface area contributed by atoms with Crippen LogP contribution in [-0.4, -0.2) is 11.0 Å². The molecule has 0 aliphatic rings. The average Bonchev–Trinajstić information content (AvgIpc) is 2.66. The zero-order valence-corrected chi connectivity index (χ0v) is 7.56. The van der Waals surface area contributed by atoms with E-state index in [0.29, 0.717) is 10.2 Å². The second-order valence-electron chi connectivity index (χ2n) is 2.56. The number of halogens is 1. The van der Waals surface area contributed by atoms with E-state index in [0.717, 1.165) is 6.20 Å². The maximum absolute atomic E-state index is 11.6. The van der Waals surface area contributed by atoms with Crippen molar-refractivity contribution in [2.24, 2.45) is 0 Å². The summed E-state index contributed by atoms with van der Waals surface area (Å²) in [5.41, 5.74) is -0.860. The molecule has 0 radical (unpaired) electrons. The lowest BCUT2D eigenvalue weighted by Gasteiger charge is -1.94. The van der Waals surface area contributed by atoms with Gasteiger partial charge in [0.05, 0.1) is 5.39 Å². The number of carbonyl (C=O) groups is 1. The highest BCUT2D eigenvalue weighted by molar-refractivity contribution is 7.16. The Bertz CT molecular complexity index is 545. The third-order valence-corrected chi connectivity index (χ3v) is 2.64. The maximum Gasteiger partial charge on any atom is 0.384 e. The number of nitrogens with one attached hydrogen (secondary N) is 1. The molecule has 72 valence electrons. The van der Waals surface area contributed by atoms with Gasteiger partial charge in [-0.2, -0.15) is 0 Å². The van der Waals surface area contributed by atoms with Gasteiger partial charge in [0, 0.05) is 10.7 Å². The van der Waals surface area contributed by atoms with E-state index in [1.165, 1.54) is 11.3 Å². The second kappa shape index (κ2) is 3.22. The van der Waals surface area contributed by atoms with Crippen LogP contribution in [0.3, 0.4) is 0 Å². The first-order valence-electron chi connectivity index (χ1n) is 3.66. The summed E-state index contributed by atoms with van der Waals surface area (Å²) in [7, 11) is 0. The quantitative estimate of drug-likeness (QED) is 0.783. The number of pyridine rings is 1. The largest absolute Gasteiger partial charge is 0.384 e. The summed E-state index contributed by atoms with van der Waals surface area (Å²) >= 11 is 1.33. The van der Waals surface area contributed by atoms with Crippen molar-refractivity contribution in [3.05, 3.63) is 33.4 Å². The van der Waals surface area contributed by atoms with Gasteiger partial charge in [0.25, 0.3) is 0 Å². The van der Waals surface area contributed by atoms with Gasteiger partial charge in [-0.15, -0.1) is 11.3 Å². The molecule has 0 spiro atoms. The summed E-state index contributed by atoms with van der Waals surface area (Å²) in [5, 5.41) is 2.06. The Balaban J connectivity index is 2.74. The van der Waals surface area contributed by atoms with Crippen LogP contribution in [-0.2, 0) is 4.94 Å². The van der Waals surface area contributed by atoms with Crippen LogP contribution in [0.5, 0.6) is 0 Å². The molecule has 0 atom stereocenters. The molecule has 0 aliphatic heterocycles. The fourth-order valence-corrected chi connectivity index (χ4v) is 1.90. The topological polar surface area (TPSA) is 59.2 Å². The van der Waals surface area contributed by atoms with Gasteiger partial charge in [0.2, 0.25) is 5.43 Å². The van der Waals surface area contributed by atoms with E-state index < -0.39 is 11.4 Å². The van der Waals surface area contributed by atoms with Gasteiger partial charge in [0.1, 0.15) is 10.4 Å². The third-order valence-electron chi connectivity index (χ3n) is 1.79. The highest BCUT2D eigenvalue weighted by Crippen LogP contribution is 2.14. The summed E-state index contributed by atoms with van der Waals surface area (Å²) in [6.45, 7) is 0. The molecule has 0 saturated carbocycles. The van der Waals surface area contributed by atoms with Crippen LogP contribution in [0.2, 0.25) is 0 Å². The first-order valence-corrected chi connectivity index (χ1v) is 4.54. The monoisotopic (exact) mass is 213 g/mol. The molecule has 0 saturated heterocycles. The molecule has 0 aliphatic carbocycles. The Morgan fingerprint density at radius 1 is 1.57 bits per heavy atom. The van der Waals surface area contributed by atoms with Crippen molar-refractivity contribution in [1.82, 2.24) is 4.98 Å². The van der Waals surface area contributed by atoms with Gasteiger partial charge in [-0.25, -0.2) is 9.74 Å². The fourth-order valence-electron chi connectivity index (χ4n) is 1.14. The van der Waals surface area contributed by atoms with Gasteiger partial charge >= 0.3 is 5.97 Å². The molecule has 2 rings (SSSR count). The zero-order valence-electron chi connectivity index (χ0n) is 6.74. The second-order valence-corrected chi connectivity index (χ2v) is 3.48. The van der Waals surface area contributed by atoms with Gasteiger partial charge < -0.3 is 4.98 Å². The van der Waals surface area contributed by atoms with Gasteiger partial charge in [0.15, 0.2) is 0 Å². The Morgan fingerprint density at radius 2 is 2.36 bits per heavy atom. The Hall–Kier alpha value is -1.69. The average molecular weight is 213 g/mol. The number of rotatable bonds is 1. The summed E-state index contributed by atoms with van der Waals surface area (Å²) in [6.07, 6.45) is 1.14. The van der Waals surface area contributed by atoms with Crippen LogP contribution in [0, 0.1) is 0 Å². The Kier molecular flexibility index (Phi) is 2.05. The number of aromatic nitrogens is 1. The number of fused-ring (bicyclic) bond motifs is 1. The normalized spacial score (nSPS) is 10.4. The number of hydrogen-bond donors (Lipinski definition) is 1. The molecule has 2 aromatic heterocycles. The van der Waals surface area contributed by atoms with Crippen LogP contribution in [0.25, 0.3) is 10.2 Å². The molecule has 0 bridgehead atoms. The SMILES string of the molecule is O=C(OF)c1c[nH]c2sccc2c1=O. The van der Waals surface area contributed by atoms with Crippen molar-refractivity contribution in [2.75, 3.05) is 0 Å². The van der Waals surface area contributed by atoms with Crippen LogP contribution < -0.4 is 5.43 Å². The van der Waals surface area contributed by atoms with Crippen LogP contribution in [0.1, 0.15) is 10.4 Å². The Labute approximate surface area is 80.8 Å². The lowest BCUT2D eigenvalue weighted by Crippen LogP contribution is -2.15. The van der Waals surface area contributed by atoms with Gasteiger partial charge in [-0.1, -0.05) is 0 Å². The van der Waals surface area contributed by atoms with Crippen molar-refractivity contribution in [1.29, 1.82) is 0 Å². The van der Waals surface area contributed by atoms with Gasteiger partial charge in [-0.05, 0) is 11.4 Å². The van der Waals surface area contributed by atoms with E-state index >= 15 is 0 Å². The standard InChI is InChI=1S/C8H4FNO3S/c9-13-8(12)5-3-10-7-4(6(5)11)1-2-14-7/h1-3H,(H,10,11). The van der Waals surface area contributed by atoms with E-state index in [-0.39, 0.29) is 5.56 Å². The summed E-state index contributed by atoms with van der Waals surface area (Å²) < 4.78 is 11.6. The van der Waals surface area contributed by atoms with E-state index in [9.17, 15) is 14.1 Å². The molecule has 2 aromatic rings. The molecule has 0 aromatic carbocycles. The van der Waals surface area contributed by atoms with Crippen molar-refractivity contribution in [3.8, 4) is 0 Å². The minimum atomic E-state index is -1.28. The molecule has 4 nitrogen and oxygen atoms in total. The lowest BCUT2D eigenvalue weighted by molar-refractivity contribution is -0.0789. The fraction of sp³-hybridized carbons (Fsp3) is 0. The molecule has 2 heterocycles. The molecular weight excluding hydrogens is 209 g/mol. The lowest BCUT2D eigenvalue weighted by atomic mass is 10.2. The first kappa shape index (κ1) is 8.89. The van der Waals surface area contributed by atoms with E-state index in [2.05, 4.69) is 9.93 Å². The number of carbonyl (C=O) groups excluding carboxylic acids is 1. The molecule has 0 fully saturated rings. The van der Waals surface area contributed by atoms with Crippen molar-refractivity contribution >= 4 is 27.5 Å². The predicted molar refractivity (Wildman–Crippen MR) is 49.0 cm³/mol. The van der Waals surface area contributed by atoms with Crippen molar-refractivity contribution in [3.63, 3.8) is 0 Å². The predicted octanol–water partition coefficient (Wildman–Crippen LogP) is 1.63. The van der Waals surface area contributed by atoms with E-state index in [1.807, 2.05) is 0 Å². The van der Waals surface area contributed by atoms with Gasteiger partial charge in [-0.3, -0.25) is 4.79 Å². The number of thiophene rings is 1. The molecular formula is C8H4FNO3S. The minimum Gasteiger partial charge on any atom is -0.352 e. The maximum atomic E-state index is 11.6. The van der Waals surface area contributed by atoms with E-state index in [4.69, 9.17) is 0 Å². The summed E-state index contributed by atoms with van der Waals surface area (Å²) in [6, 6.07) is 1.56. The summed E-state index contributed by atoms with van der Waals surface area (Å²) in [5.74, 6) is -1.28. The molecule has 0 amide bonds. The number of H-pyrrole nitrogens is 1. The van der Waals surface area contributed by atoms with E-state index in [1.54, 1.807) is 11.4 Å². The molecule has 14 heavy (non-hydrogen) atoms. The minimum absolute atomic E-state index is 0.335. The zero-order chi connectivity index (χ0) is 10.1. The first-order chi connectivity index (χ1) is 6.74. The molecule has 1 N–H and O–H groups in total. The highest BCUT2D eigenvalue weighted by atomic mass is 32.1. The third kappa shape index (κ3) is 1.20. The van der Waals surface area contributed by atoms with Crippen LogP contribution in [0.4, 0.5) is 4.53 Å². The molecule has 6 heteroatoms. The van der Waals surface area contributed by atoms with Crippen LogP contribution >= 0.6 is 11.3 Å². The number of hydrogen-bond acceptors (Lipinski definition) is 4. The molecule has 0 unspecified atom stereocenters. The highest BCUT2D eigenvalue weighted by Gasteiger charge is 2.15. The summed E-state index contributed by atoms with van der Waals surface area (Å²) in [4.78, 5) is 28.6. The van der Waals surface area contributed by atoms with Crippen molar-refractivity contribution in [2.45, 2.75) is 0 Å². The van der Waals surface area contributed by atoms with Crippen molar-refractivity contribution < 1.29 is 14.3 Å². The number of aromatic amines is 1. The Morgan fingerprint density at radius 3 is 3.07 bits per heavy atom. The smallest absolute Gasteiger partial charge is 0.352 e. The van der Waals surface area contributed by atoms with Crippen LogP contribution in [0.15, 0.2) is 22.4 Å².